The largest absolute Gasteiger partial charge is 0.312 e. The molecule has 0 aliphatic carbocycles. The Hall–Kier alpha value is -2.06. The maximum absolute atomic E-state index is 11.8. The van der Waals surface area contributed by atoms with E-state index < -0.39 is 5.91 Å². The van der Waals surface area contributed by atoms with Gasteiger partial charge in [-0.15, -0.1) is 11.3 Å². The summed E-state index contributed by atoms with van der Waals surface area (Å²) in [6.45, 7) is 1.98. The number of thiazole rings is 1. The van der Waals surface area contributed by atoms with Gasteiger partial charge in [-0.05, 0) is 20.0 Å². The molecule has 1 unspecified atom stereocenters. The molecule has 0 bridgehead atoms. The zero-order valence-electron chi connectivity index (χ0n) is 10.4. The highest BCUT2D eigenvalue weighted by molar-refractivity contribution is 7.14. The van der Waals surface area contributed by atoms with E-state index in [0.29, 0.717) is 5.13 Å². The number of aromatic amines is 1. The quantitative estimate of drug-likeness (QED) is 0.767. The highest BCUT2D eigenvalue weighted by atomic mass is 32.1. The highest BCUT2D eigenvalue weighted by Gasteiger charge is 2.12. The molecule has 0 fully saturated rings. The Morgan fingerprint density at radius 3 is 2.89 bits per heavy atom. The van der Waals surface area contributed by atoms with Crippen molar-refractivity contribution in [3.63, 3.8) is 0 Å². The lowest BCUT2D eigenvalue weighted by Crippen LogP contribution is -2.17. The minimum atomic E-state index is -0.408. The first-order chi connectivity index (χ1) is 9.10. The highest BCUT2D eigenvalue weighted by Crippen LogP contribution is 2.20. The third kappa shape index (κ3) is 3.24. The summed E-state index contributed by atoms with van der Waals surface area (Å²) in [6, 6.07) is 2.73. The lowest BCUT2D eigenvalue weighted by molar-refractivity contribution is 0.102. The van der Waals surface area contributed by atoms with Gasteiger partial charge in [0.1, 0.15) is 5.69 Å². The van der Waals surface area contributed by atoms with Crippen molar-refractivity contribution in [2.45, 2.75) is 13.0 Å². The van der Waals surface area contributed by atoms with E-state index in [1.807, 2.05) is 19.4 Å². The Balaban J connectivity index is 2.08. The molecule has 7 nitrogen and oxygen atoms in total. The second-order valence-electron chi connectivity index (χ2n) is 3.85. The molecule has 0 aromatic carbocycles. The van der Waals surface area contributed by atoms with Crippen LogP contribution in [0.25, 0.3) is 0 Å². The van der Waals surface area contributed by atoms with Gasteiger partial charge in [-0.1, -0.05) is 0 Å². The van der Waals surface area contributed by atoms with Crippen LogP contribution >= 0.6 is 11.3 Å². The fraction of sp³-hybridized carbons (Fsp3) is 0.273. The fourth-order valence-electron chi connectivity index (χ4n) is 1.32. The summed E-state index contributed by atoms with van der Waals surface area (Å²) in [6.07, 6.45) is 0. The smallest absolute Gasteiger partial charge is 0.277 e. The molecule has 0 saturated carbocycles. The molecule has 8 heteroatoms. The van der Waals surface area contributed by atoms with Crippen molar-refractivity contribution in [1.29, 1.82) is 0 Å². The van der Waals surface area contributed by atoms with E-state index >= 15 is 0 Å². The Kier molecular flexibility index (Phi) is 4.03. The molecule has 2 aromatic rings. The number of carbonyl (C=O) groups is 1. The molecule has 0 aliphatic heterocycles. The summed E-state index contributed by atoms with van der Waals surface area (Å²) in [7, 11) is 1.84. The van der Waals surface area contributed by atoms with E-state index in [2.05, 4.69) is 25.8 Å². The standard InChI is InChI=1S/C11H13N5O2S/c1-6(12-2)8-5-19-11(13-8)14-10(18)7-3-4-9(17)16-15-7/h3-6,12H,1-2H3,(H,16,17)(H,13,14,18). The first-order valence-electron chi connectivity index (χ1n) is 5.60. The lowest BCUT2D eigenvalue weighted by atomic mass is 10.3. The third-order valence-electron chi connectivity index (χ3n) is 2.53. The lowest BCUT2D eigenvalue weighted by Gasteiger charge is -2.05. The molecule has 1 atom stereocenters. The number of hydrogen-bond donors (Lipinski definition) is 3. The molecule has 100 valence electrons. The summed E-state index contributed by atoms with van der Waals surface area (Å²) in [4.78, 5) is 27.0. The zero-order valence-corrected chi connectivity index (χ0v) is 11.2. The number of anilines is 1. The van der Waals surface area contributed by atoms with Crippen LogP contribution in [0.15, 0.2) is 22.3 Å². The van der Waals surface area contributed by atoms with E-state index in [-0.39, 0.29) is 17.3 Å². The van der Waals surface area contributed by atoms with Gasteiger partial charge < -0.3 is 5.32 Å². The van der Waals surface area contributed by atoms with Gasteiger partial charge >= 0.3 is 0 Å². The number of aromatic nitrogens is 3. The van der Waals surface area contributed by atoms with Crippen molar-refractivity contribution < 1.29 is 4.79 Å². The van der Waals surface area contributed by atoms with Gasteiger partial charge in [0, 0.05) is 17.5 Å². The Labute approximate surface area is 113 Å². The first kappa shape index (κ1) is 13.4. The van der Waals surface area contributed by atoms with Crippen LogP contribution in [0, 0.1) is 0 Å². The fourth-order valence-corrected chi connectivity index (χ4v) is 2.12. The molecule has 2 rings (SSSR count). The van der Waals surface area contributed by atoms with E-state index in [1.54, 1.807) is 0 Å². The maximum Gasteiger partial charge on any atom is 0.277 e. The monoisotopic (exact) mass is 279 g/mol. The zero-order chi connectivity index (χ0) is 13.8. The minimum Gasteiger partial charge on any atom is -0.312 e. The SMILES string of the molecule is CNC(C)c1csc(NC(=O)c2ccc(=O)[nH]n2)n1. The summed E-state index contributed by atoms with van der Waals surface area (Å²) >= 11 is 1.34. The summed E-state index contributed by atoms with van der Waals surface area (Å²) < 4.78 is 0. The average Bonchev–Trinajstić information content (AvgIpc) is 2.87. The topological polar surface area (TPSA) is 99.8 Å². The Morgan fingerprint density at radius 1 is 1.47 bits per heavy atom. The normalized spacial score (nSPS) is 12.1. The summed E-state index contributed by atoms with van der Waals surface area (Å²) in [5.41, 5.74) is 0.645. The first-order valence-corrected chi connectivity index (χ1v) is 6.48. The number of amides is 1. The van der Waals surface area contributed by atoms with Crippen molar-refractivity contribution in [2.75, 3.05) is 12.4 Å². The second-order valence-corrected chi connectivity index (χ2v) is 4.71. The van der Waals surface area contributed by atoms with Crippen LogP contribution in [-0.4, -0.2) is 28.1 Å². The van der Waals surface area contributed by atoms with Crippen molar-refractivity contribution in [2.24, 2.45) is 0 Å². The third-order valence-corrected chi connectivity index (χ3v) is 3.31. The minimum absolute atomic E-state index is 0.119. The molecule has 0 saturated heterocycles. The predicted octanol–water partition coefficient (Wildman–Crippen LogP) is 0.759. The molecule has 0 radical (unpaired) electrons. The molecular formula is C11H13N5O2S. The van der Waals surface area contributed by atoms with Crippen LogP contribution in [0.5, 0.6) is 0 Å². The van der Waals surface area contributed by atoms with Crippen LogP contribution in [0.3, 0.4) is 0 Å². The molecule has 19 heavy (non-hydrogen) atoms. The van der Waals surface area contributed by atoms with Crippen molar-refractivity contribution >= 4 is 22.4 Å². The number of nitrogens with one attached hydrogen (secondary N) is 3. The van der Waals surface area contributed by atoms with Gasteiger partial charge in [0.15, 0.2) is 5.13 Å². The number of nitrogens with zero attached hydrogens (tertiary/aromatic N) is 2. The van der Waals surface area contributed by atoms with Crippen LogP contribution in [0.4, 0.5) is 5.13 Å². The summed E-state index contributed by atoms with van der Waals surface area (Å²) in [5, 5.41) is 13.9. The van der Waals surface area contributed by atoms with Gasteiger partial charge in [0.05, 0.1) is 5.69 Å². The van der Waals surface area contributed by atoms with Crippen LogP contribution in [0.1, 0.15) is 29.1 Å². The molecule has 0 aliphatic rings. The van der Waals surface area contributed by atoms with Crippen LogP contribution < -0.4 is 16.2 Å². The molecule has 2 heterocycles. The van der Waals surface area contributed by atoms with Gasteiger partial charge in [-0.25, -0.2) is 10.1 Å². The van der Waals surface area contributed by atoms with Crippen molar-refractivity contribution in [3.05, 3.63) is 39.3 Å². The van der Waals surface area contributed by atoms with E-state index in [1.165, 1.54) is 23.5 Å². The van der Waals surface area contributed by atoms with Crippen LogP contribution in [0.2, 0.25) is 0 Å². The predicted molar refractivity (Wildman–Crippen MR) is 72.4 cm³/mol. The Morgan fingerprint density at radius 2 is 2.26 bits per heavy atom. The number of rotatable bonds is 4. The average molecular weight is 279 g/mol. The number of hydrogen-bond acceptors (Lipinski definition) is 6. The van der Waals surface area contributed by atoms with E-state index in [4.69, 9.17) is 0 Å². The van der Waals surface area contributed by atoms with Gasteiger partial charge in [-0.2, -0.15) is 5.10 Å². The number of H-pyrrole nitrogens is 1. The van der Waals surface area contributed by atoms with E-state index in [0.717, 1.165) is 5.69 Å². The molecular weight excluding hydrogens is 266 g/mol. The maximum atomic E-state index is 11.8. The van der Waals surface area contributed by atoms with Gasteiger partial charge in [0.25, 0.3) is 11.5 Å². The second kappa shape index (κ2) is 5.72. The van der Waals surface area contributed by atoms with Gasteiger partial charge in [-0.3, -0.25) is 14.9 Å². The summed E-state index contributed by atoms with van der Waals surface area (Å²) in [5.74, 6) is -0.408. The Bertz CT molecular complexity index is 616. The van der Waals surface area contributed by atoms with Crippen LogP contribution in [-0.2, 0) is 0 Å². The molecule has 2 aromatic heterocycles. The van der Waals surface area contributed by atoms with Crippen molar-refractivity contribution in [1.82, 2.24) is 20.5 Å². The van der Waals surface area contributed by atoms with E-state index in [9.17, 15) is 9.59 Å². The molecule has 1 amide bonds. The number of carbonyl (C=O) groups excluding carboxylic acids is 1. The molecule has 0 spiro atoms. The van der Waals surface area contributed by atoms with Gasteiger partial charge in [0.2, 0.25) is 0 Å². The van der Waals surface area contributed by atoms with Crippen molar-refractivity contribution in [3.8, 4) is 0 Å². The molecule has 3 N–H and O–H groups in total.